The van der Waals surface area contributed by atoms with Crippen LogP contribution in [-0.2, 0) is 0 Å². The van der Waals surface area contributed by atoms with Crippen LogP contribution < -0.4 is 0 Å². The van der Waals surface area contributed by atoms with Gasteiger partial charge in [-0.25, -0.2) is 4.39 Å². The van der Waals surface area contributed by atoms with Crippen molar-refractivity contribution in [2.45, 2.75) is 31.4 Å². The lowest BCUT2D eigenvalue weighted by atomic mass is 10.0. The van der Waals surface area contributed by atoms with Gasteiger partial charge in [-0.15, -0.1) is 0 Å². The van der Waals surface area contributed by atoms with Crippen molar-refractivity contribution in [1.29, 1.82) is 0 Å². The molecule has 3 rings (SSSR count). The minimum Gasteiger partial charge on any atom is -0.391 e. The molecule has 2 aliphatic rings. The van der Waals surface area contributed by atoms with Crippen LogP contribution in [0.15, 0.2) is 24.3 Å². The van der Waals surface area contributed by atoms with Gasteiger partial charge in [0.05, 0.1) is 11.7 Å². The third kappa shape index (κ3) is 4.37. The van der Waals surface area contributed by atoms with E-state index in [1.807, 2.05) is 0 Å². The van der Waals surface area contributed by atoms with Crippen LogP contribution in [0.3, 0.4) is 0 Å². The molecule has 6 heteroatoms. The number of aliphatic hydroxyl groups is 1. The first-order valence-corrected chi connectivity index (χ1v) is 9.20. The molecule has 0 spiro atoms. The van der Waals surface area contributed by atoms with Crippen molar-refractivity contribution in [2.24, 2.45) is 0 Å². The number of hydrogen-bond donors (Lipinski definition) is 1. The number of likely N-dealkylation sites (N-methyl/N-ethyl adjacent to an activating group) is 1. The number of halogens is 1. The van der Waals surface area contributed by atoms with E-state index in [4.69, 9.17) is 0 Å². The van der Waals surface area contributed by atoms with Crippen LogP contribution in [0.25, 0.3) is 0 Å². The molecule has 0 radical (unpaired) electrons. The van der Waals surface area contributed by atoms with Crippen LogP contribution in [0, 0.1) is 5.82 Å². The smallest absolute Gasteiger partial charge is 0.256 e. The first kappa shape index (κ1) is 18.3. The van der Waals surface area contributed by atoms with Crippen LogP contribution in [0.4, 0.5) is 4.39 Å². The standard InChI is InChI=1S/C19H28FN3O2/c1-21-9-4-10-22(14-13-21)17-7-11-23(12-8-18(17)24)19(25)15-5-2-3-6-16(15)20/h2-3,5-6,17-18,24H,4,7-14H2,1H3/t17-,18-/m0/s1. The summed E-state index contributed by atoms with van der Waals surface area (Å²) in [7, 11) is 2.13. The zero-order valence-electron chi connectivity index (χ0n) is 14.9. The van der Waals surface area contributed by atoms with Gasteiger partial charge in [-0.1, -0.05) is 12.1 Å². The monoisotopic (exact) mass is 349 g/mol. The normalized spacial score (nSPS) is 26.9. The molecule has 2 atom stereocenters. The zero-order chi connectivity index (χ0) is 17.8. The maximum Gasteiger partial charge on any atom is 0.256 e. The Balaban J connectivity index is 1.66. The van der Waals surface area contributed by atoms with Gasteiger partial charge in [-0.2, -0.15) is 0 Å². The second-order valence-corrected chi connectivity index (χ2v) is 7.18. The van der Waals surface area contributed by atoms with Crippen molar-refractivity contribution >= 4 is 5.91 Å². The summed E-state index contributed by atoms with van der Waals surface area (Å²) in [5, 5.41) is 10.6. The van der Waals surface area contributed by atoms with Crippen molar-refractivity contribution in [1.82, 2.24) is 14.7 Å². The quantitative estimate of drug-likeness (QED) is 0.877. The van der Waals surface area contributed by atoms with Gasteiger partial charge in [0.1, 0.15) is 5.82 Å². The molecule has 138 valence electrons. The molecule has 25 heavy (non-hydrogen) atoms. The molecule has 1 amide bonds. The van der Waals surface area contributed by atoms with Gasteiger partial charge in [-0.05, 0) is 51.5 Å². The van der Waals surface area contributed by atoms with Crippen LogP contribution in [0.1, 0.15) is 29.6 Å². The third-order valence-electron chi connectivity index (χ3n) is 5.45. The van der Waals surface area contributed by atoms with E-state index in [2.05, 4.69) is 16.8 Å². The SMILES string of the molecule is CN1CCCN([C@H]2CCN(C(=O)c3ccccc3F)CC[C@@H]2O)CC1. The van der Waals surface area contributed by atoms with E-state index in [-0.39, 0.29) is 17.5 Å². The lowest BCUT2D eigenvalue weighted by Crippen LogP contribution is -2.45. The topological polar surface area (TPSA) is 47.0 Å². The fourth-order valence-corrected chi connectivity index (χ4v) is 3.90. The number of nitrogens with zero attached hydrogens (tertiary/aromatic N) is 3. The van der Waals surface area contributed by atoms with E-state index in [0.29, 0.717) is 19.5 Å². The third-order valence-corrected chi connectivity index (χ3v) is 5.45. The van der Waals surface area contributed by atoms with Crippen molar-refractivity contribution in [3.05, 3.63) is 35.6 Å². The number of rotatable bonds is 2. The highest BCUT2D eigenvalue weighted by atomic mass is 19.1. The highest BCUT2D eigenvalue weighted by Gasteiger charge is 2.32. The molecule has 2 saturated heterocycles. The Hall–Kier alpha value is -1.50. The molecule has 2 fully saturated rings. The summed E-state index contributed by atoms with van der Waals surface area (Å²) in [6.07, 6.45) is 1.92. The number of aliphatic hydroxyl groups excluding tert-OH is 1. The van der Waals surface area contributed by atoms with Gasteiger partial charge in [0.2, 0.25) is 0 Å². The fourth-order valence-electron chi connectivity index (χ4n) is 3.90. The first-order chi connectivity index (χ1) is 12.1. The average molecular weight is 349 g/mol. The van der Waals surface area contributed by atoms with Gasteiger partial charge in [-0.3, -0.25) is 9.69 Å². The summed E-state index contributed by atoms with van der Waals surface area (Å²) in [6.45, 7) is 5.03. The molecular formula is C19H28FN3O2. The molecule has 0 aromatic heterocycles. The molecule has 1 aromatic rings. The predicted molar refractivity (Wildman–Crippen MR) is 95.0 cm³/mol. The van der Waals surface area contributed by atoms with Gasteiger partial charge in [0.25, 0.3) is 5.91 Å². The predicted octanol–water partition coefficient (Wildman–Crippen LogP) is 1.43. The molecular weight excluding hydrogens is 321 g/mol. The molecule has 1 aromatic carbocycles. The fraction of sp³-hybridized carbons (Fsp3) is 0.632. The van der Waals surface area contributed by atoms with E-state index < -0.39 is 11.9 Å². The minimum absolute atomic E-state index is 0.0740. The molecule has 0 saturated carbocycles. The molecule has 1 N–H and O–H groups in total. The van der Waals surface area contributed by atoms with E-state index in [0.717, 1.165) is 39.0 Å². The second-order valence-electron chi connectivity index (χ2n) is 7.18. The summed E-state index contributed by atoms with van der Waals surface area (Å²) in [4.78, 5) is 19.0. The number of benzene rings is 1. The van der Waals surface area contributed by atoms with Crippen LogP contribution in [0.2, 0.25) is 0 Å². The number of carbonyl (C=O) groups is 1. The van der Waals surface area contributed by atoms with Crippen molar-refractivity contribution < 1.29 is 14.3 Å². The number of amides is 1. The summed E-state index contributed by atoms with van der Waals surface area (Å²) < 4.78 is 13.9. The molecule has 0 unspecified atom stereocenters. The maximum atomic E-state index is 13.9. The largest absolute Gasteiger partial charge is 0.391 e. The summed E-state index contributed by atoms with van der Waals surface area (Å²) in [5.74, 6) is -0.758. The van der Waals surface area contributed by atoms with E-state index in [9.17, 15) is 14.3 Å². The molecule has 2 aliphatic heterocycles. The molecule has 2 heterocycles. The summed E-state index contributed by atoms with van der Waals surface area (Å²) >= 11 is 0. The molecule has 5 nitrogen and oxygen atoms in total. The van der Waals surface area contributed by atoms with Crippen molar-refractivity contribution in [3.63, 3.8) is 0 Å². The maximum absolute atomic E-state index is 13.9. The van der Waals surface area contributed by atoms with Gasteiger partial charge < -0.3 is 14.9 Å². The summed E-state index contributed by atoms with van der Waals surface area (Å²) in [6, 6.07) is 6.19. The van der Waals surface area contributed by atoms with Crippen LogP contribution in [0.5, 0.6) is 0 Å². The highest BCUT2D eigenvalue weighted by Crippen LogP contribution is 2.21. The Morgan fingerprint density at radius 2 is 1.84 bits per heavy atom. The number of carbonyl (C=O) groups excluding carboxylic acids is 1. The average Bonchev–Trinajstić information content (AvgIpc) is 2.93. The lowest BCUT2D eigenvalue weighted by molar-refractivity contribution is 0.0491. The van der Waals surface area contributed by atoms with Crippen molar-refractivity contribution in [2.75, 3.05) is 46.3 Å². The Labute approximate surface area is 149 Å². The van der Waals surface area contributed by atoms with Gasteiger partial charge in [0, 0.05) is 32.2 Å². The van der Waals surface area contributed by atoms with Gasteiger partial charge in [0.15, 0.2) is 0 Å². The Morgan fingerprint density at radius 1 is 1.08 bits per heavy atom. The van der Waals surface area contributed by atoms with Crippen LogP contribution in [-0.4, -0.2) is 84.2 Å². The van der Waals surface area contributed by atoms with E-state index in [1.54, 1.807) is 17.0 Å². The highest BCUT2D eigenvalue weighted by molar-refractivity contribution is 5.94. The van der Waals surface area contributed by atoms with Crippen LogP contribution >= 0.6 is 0 Å². The Bertz CT molecular complexity index is 598. The molecule has 0 bridgehead atoms. The van der Waals surface area contributed by atoms with Gasteiger partial charge >= 0.3 is 0 Å². The van der Waals surface area contributed by atoms with E-state index >= 15 is 0 Å². The minimum atomic E-state index is -0.482. The Morgan fingerprint density at radius 3 is 2.64 bits per heavy atom. The summed E-state index contributed by atoms with van der Waals surface area (Å²) in [5.41, 5.74) is 0.117. The van der Waals surface area contributed by atoms with E-state index in [1.165, 1.54) is 12.1 Å². The second kappa shape index (κ2) is 8.25. The zero-order valence-corrected chi connectivity index (χ0v) is 14.9. The first-order valence-electron chi connectivity index (χ1n) is 9.20. The Kier molecular flexibility index (Phi) is 6.04. The molecule has 0 aliphatic carbocycles. The lowest BCUT2D eigenvalue weighted by Gasteiger charge is -2.32. The number of hydrogen-bond acceptors (Lipinski definition) is 4. The number of likely N-dealkylation sites (tertiary alicyclic amines) is 1. The van der Waals surface area contributed by atoms with Crippen molar-refractivity contribution in [3.8, 4) is 0 Å².